The Bertz CT molecular complexity index is 566. The Hall–Kier alpha value is -0.760. The molecule has 270 valence electrons. The van der Waals surface area contributed by atoms with Crippen LogP contribution >= 0.6 is 11.6 Å². The van der Waals surface area contributed by atoms with Gasteiger partial charge in [-0.1, -0.05) is 0 Å². The molecule has 0 bridgehead atoms. The van der Waals surface area contributed by atoms with Gasteiger partial charge in [0.05, 0.1) is 178 Å². The maximum atomic E-state index is 10.3. The van der Waals surface area contributed by atoms with Gasteiger partial charge in [-0.3, -0.25) is 4.79 Å². The number of halogens is 1. The van der Waals surface area contributed by atoms with Gasteiger partial charge >= 0.3 is 5.97 Å². The summed E-state index contributed by atoms with van der Waals surface area (Å²) >= 11 is 5.51. The largest absolute Gasteiger partial charge is 0.481 e. The summed E-state index contributed by atoms with van der Waals surface area (Å²) < 4.78 is 69.9. The van der Waals surface area contributed by atoms with Crippen molar-refractivity contribution >= 4 is 17.6 Å². The van der Waals surface area contributed by atoms with Crippen molar-refractivity contribution in [1.82, 2.24) is 0 Å². The molecule has 0 heterocycles. The SMILES string of the molecule is O=C(O)CCOCCOCCOCCOCCOCCOCCOCCOCCOCCOCCOCCOCCOCCCl. The summed E-state index contributed by atoms with van der Waals surface area (Å²) in [6, 6.07) is 0. The molecular formula is C29H57ClO15. The van der Waals surface area contributed by atoms with Crippen molar-refractivity contribution in [1.29, 1.82) is 0 Å². The first kappa shape index (κ1) is 44.2. The first-order valence-corrected chi connectivity index (χ1v) is 16.1. The zero-order chi connectivity index (χ0) is 32.6. The summed E-state index contributed by atoms with van der Waals surface area (Å²) in [5.41, 5.74) is 0. The zero-order valence-electron chi connectivity index (χ0n) is 26.8. The van der Waals surface area contributed by atoms with E-state index < -0.39 is 5.97 Å². The lowest BCUT2D eigenvalue weighted by molar-refractivity contribution is -0.138. The Balaban J connectivity index is 3.04. The molecule has 0 unspecified atom stereocenters. The lowest BCUT2D eigenvalue weighted by Gasteiger charge is -2.09. The lowest BCUT2D eigenvalue weighted by Crippen LogP contribution is -2.15. The Kier molecular flexibility index (Phi) is 40.6. The van der Waals surface area contributed by atoms with E-state index in [4.69, 9.17) is 78.3 Å². The van der Waals surface area contributed by atoms with Crippen LogP contribution in [0.2, 0.25) is 0 Å². The molecule has 0 spiro atoms. The van der Waals surface area contributed by atoms with Crippen molar-refractivity contribution in [3.63, 3.8) is 0 Å². The number of carboxylic acid groups (broad SMARTS) is 1. The maximum absolute atomic E-state index is 10.3. The quantitative estimate of drug-likeness (QED) is 0.0717. The van der Waals surface area contributed by atoms with Gasteiger partial charge in [0.2, 0.25) is 0 Å². The molecule has 0 amide bonds. The van der Waals surface area contributed by atoms with Crippen LogP contribution in [0.3, 0.4) is 0 Å². The van der Waals surface area contributed by atoms with Gasteiger partial charge in [-0.2, -0.15) is 0 Å². The van der Waals surface area contributed by atoms with Crippen LogP contribution in [-0.2, 0) is 66.4 Å². The van der Waals surface area contributed by atoms with Gasteiger partial charge in [-0.15, -0.1) is 11.6 Å². The topological polar surface area (TPSA) is 157 Å². The molecule has 0 saturated carbocycles. The standard InChI is InChI=1S/C29H57ClO15/c30-2-4-34-6-8-36-10-12-38-14-16-40-18-20-42-22-24-44-26-28-45-27-25-43-23-21-41-19-17-39-15-13-37-11-9-35-7-5-33-3-1-29(31)32/h1-28H2,(H,31,32). The summed E-state index contributed by atoms with van der Waals surface area (Å²) in [5, 5.41) is 8.48. The van der Waals surface area contributed by atoms with Gasteiger partial charge in [0, 0.05) is 5.88 Å². The lowest BCUT2D eigenvalue weighted by atomic mass is 10.5. The summed E-state index contributed by atoms with van der Waals surface area (Å²) in [5.74, 6) is -0.383. The molecule has 0 aromatic carbocycles. The minimum atomic E-state index is -0.875. The van der Waals surface area contributed by atoms with E-state index in [1.165, 1.54) is 0 Å². The average molecular weight is 681 g/mol. The van der Waals surface area contributed by atoms with Crippen LogP contribution in [0.15, 0.2) is 0 Å². The summed E-state index contributed by atoms with van der Waals surface area (Å²) in [6.07, 6.45) is -0.00335. The summed E-state index contributed by atoms with van der Waals surface area (Å²) in [6.45, 7) is 12.4. The van der Waals surface area contributed by atoms with Crippen molar-refractivity contribution in [2.24, 2.45) is 0 Å². The molecule has 0 fully saturated rings. The number of rotatable bonds is 41. The molecule has 15 nitrogen and oxygen atoms in total. The van der Waals surface area contributed by atoms with Crippen molar-refractivity contribution in [2.75, 3.05) is 178 Å². The molecule has 0 aliphatic rings. The van der Waals surface area contributed by atoms with Crippen LogP contribution in [0.4, 0.5) is 0 Å². The molecular weight excluding hydrogens is 624 g/mol. The van der Waals surface area contributed by atoms with Crippen LogP contribution in [-0.4, -0.2) is 189 Å². The number of carboxylic acids is 1. The highest BCUT2D eigenvalue weighted by Crippen LogP contribution is 1.88. The Morgan fingerprint density at radius 1 is 0.311 bits per heavy atom. The van der Waals surface area contributed by atoms with Gasteiger partial charge in [0.1, 0.15) is 0 Å². The predicted molar refractivity (Wildman–Crippen MR) is 164 cm³/mol. The van der Waals surface area contributed by atoms with Crippen molar-refractivity contribution in [3.05, 3.63) is 0 Å². The molecule has 16 heteroatoms. The van der Waals surface area contributed by atoms with Crippen LogP contribution in [0.5, 0.6) is 0 Å². The van der Waals surface area contributed by atoms with E-state index >= 15 is 0 Å². The number of ether oxygens (including phenoxy) is 13. The van der Waals surface area contributed by atoms with Gasteiger partial charge in [0.15, 0.2) is 0 Å². The number of hydrogen-bond donors (Lipinski definition) is 1. The smallest absolute Gasteiger partial charge is 0.305 e. The number of aliphatic carboxylic acids is 1. The van der Waals surface area contributed by atoms with E-state index in [0.717, 1.165) is 0 Å². The van der Waals surface area contributed by atoms with E-state index in [1.54, 1.807) is 0 Å². The first-order chi connectivity index (χ1) is 22.3. The Labute approximate surface area is 273 Å². The van der Waals surface area contributed by atoms with Crippen molar-refractivity contribution in [3.8, 4) is 0 Å². The highest BCUT2D eigenvalue weighted by atomic mass is 35.5. The van der Waals surface area contributed by atoms with Gasteiger partial charge < -0.3 is 66.7 Å². The van der Waals surface area contributed by atoms with Gasteiger partial charge in [-0.25, -0.2) is 0 Å². The molecule has 0 rings (SSSR count). The van der Waals surface area contributed by atoms with E-state index in [2.05, 4.69) is 0 Å². The van der Waals surface area contributed by atoms with Crippen LogP contribution in [0, 0.1) is 0 Å². The third kappa shape index (κ3) is 43.2. The van der Waals surface area contributed by atoms with E-state index in [1.807, 2.05) is 0 Å². The van der Waals surface area contributed by atoms with E-state index in [9.17, 15) is 4.79 Å². The van der Waals surface area contributed by atoms with E-state index in [-0.39, 0.29) is 13.0 Å². The number of hydrogen-bond acceptors (Lipinski definition) is 14. The molecule has 0 aliphatic heterocycles. The fraction of sp³-hybridized carbons (Fsp3) is 0.966. The molecule has 1 N–H and O–H groups in total. The minimum Gasteiger partial charge on any atom is -0.481 e. The van der Waals surface area contributed by atoms with Gasteiger partial charge in [-0.05, 0) is 0 Å². The Morgan fingerprint density at radius 2 is 0.467 bits per heavy atom. The molecule has 0 aromatic heterocycles. The fourth-order valence-electron chi connectivity index (χ4n) is 2.96. The predicted octanol–water partition coefficient (Wildman–Crippen LogP) is 0.916. The third-order valence-corrected chi connectivity index (χ3v) is 5.30. The second-order valence-corrected chi connectivity index (χ2v) is 9.17. The van der Waals surface area contributed by atoms with Crippen molar-refractivity contribution < 1.29 is 71.5 Å². The fourth-order valence-corrected chi connectivity index (χ4v) is 3.06. The summed E-state index contributed by atoms with van der Waals surface area (Å²) in [4.78, 5) is 10.3. The highest BCUT2D eigenvalue weighted by Gasteiger charge is 1.98. The second kappa shape index (κ2) is 41.3. The normalized spacial score (nSPS) is 11.5. The molecule has 45 heavy (non-hydrogen) atoms. The van der Waals surface area contributed by atoms with E-state index in [0.29, 0.717) is 171 Å². The summed E-state index contributed by atoms with van der Waals surface area (Å²) in [7, 11) is 0. The van der Waals surface area contributed by atoms with Crippen LogP contribution in [0.1, 0.15) is 6.42 Å². The number of alkyl halides is 1. The third-order valence-electron chi connectivity index (χ3n) is 5.15. The average Bonchev–Trinajstić information content (AvgIpc) is 3.03. The Morgan fingerprint density at radius 3 is 0.622 bits per heavy atom. The maximum Gasteiger partial charge on any atom is 0.305 e. The minimum absolute atomic E-state index is 0.00335. The highest BCUT2D eigenvalue weighted by molar-refractivity contribution is 6.17. The number of carbonyl (C=O) groups is 1. The molecule has 0 atom stereocenters. The molecule has 0 aromatic rings. The second-order valence-electron chi connectivity index (χ2n) is 8.79. The van der Waals surface area contributed by atoms with Gasteiger partial charge in [0.25, 0.3) is 0 Å². The zero-order valence-corrected chi connectivity index (χ0v) is 27.6. The molecule has 0 radical (unpaired) electrons. The molecule has 0 saturated heterocycles. The van der Waals surface area contributed by atoms with Crippen LogP contribution in [0.25, 0.3) is 0 Å². The molecule has 0 aliphatic carbocycles. The monoisotopic (exact) mass is 680 g/mol. The van der Waals surface area contributed by atoms with Crippen LogP contribution < -0.4 is 0 Å². The van der Waals surface area contributed by atoms with Crippen molar-refractivity contribution in [2.45, 2.75) is 6.42 Å². The first-order valence-electron chi connectivity index (χ1n) is 15.6.